The third kappa shape index (κ3) is 4.58. The minimum Gasteiger partial charge on any atom is -0.478 e. The van der Waals surface area contributed by atoms with Gasteiger partial charge in [0.25, 0.3) is 0 Å². The molecule has 0 aromatic heterocycles. The molecule has 6 heteroatoms. The lowest BCUT2D eigenvalue weighted by Gasteiger charge is -2.68. The van der Waals surface area contributed by atoms with E-state index in [-0.39, 0.29) is 56.5 Å². The van der Waals surface area contributed by atoms with Gasteiger partial charge in [0.2, 0.25) is 5.91 Å². The van der Waals surface area contributed by atoms with E-state index in [1.165, 1.54) is 12.5 Å². The topological polar surface area (TPSA) is 92.7 Å². The maximum atomic E-state index is 14.0. The highest BCUT2D eigenvalue weighted by Gasteiger charge is 2.66. The van der Waals surface area contributed by atoms with Crippen molar-refractivity contribution in [1.29, 1.82) is 0 Å². The summed E-state index contributed by atoms with van der Waals surface area (Å²) in [5.41, 5.74) is 3.08. The number of aromatic carboxylic acids is 1. The molecular formula is C39H53NO5. The number of benzene rings is 1. The van der Waals surface area contributed by atoms with E-state index < -0.39 is 11.4 Å². The number of carbonyl (C=O) groups is 3. The van der Waals surface area contributed by atoms with E-state index in [4.69, 9.17) is 4.74 Å². The fourth-order valence-electron chi connectivity index (χ4n) is 11.3. The van der Waals surface area contributed by atoms with Crippen molar-refractivity contribution in [1.82, 2.24) is 0 Å². The molecule has 5 aliphatic rings. The first-order valence-corrected chi connectivity index (χ1v) is 17.2. The Kier molecular flexibility index (Phi) is 7.34. The number of allylic oxidation sites excluding steroid dienone is 4. The average Bonchev–Trinajstić information content (AvgIpc) is 2.96. The first-order chi connectivity index (χ1) is 20.9. The fraction of sp³-hybridized carbons (Fsp3) is 0.667. The molecule has 4 fully saturated rings. The van der Waals surface area contributed by atoms with Crippen molar-refractivity contribution in [3.63, 3.8) is 0 Å². The number of carboxylic acid groups (broad SMARTS) is 1. The number of amides is 1. The van der Waals surface area contributed by atoms with Crippen LogP contribution in [0, 0.1) is 44.3 Å². The zero-order valence-electron chi connectivity index (χ0n) is 28.6. The second kappa shape index (κ2) is 10.3. The first-order valence-electron chi connectivity index (χ1n) is 17.2. The van der Waals surface area contributed by atoms with E-state index in [0.29, 0.717) is 11.6 Å². The normalized spacial score (nSPS) is 41.6. The van der Waals surface area contributed by atoms with Crippen molar-refractivity contribution in [3.05, 3.63) is 53.1 Å². The molecule has 1 aromatic carbocycles. The molecule has 6 rings (SSSR count). The van der Waals surface area contributed by atoms with Gasteiger partial charge in [-0.2, -0.15) is 0 Å². The smallest absolute Gasteiger partial charge is 0.337 e. The molecule has 5 aliphatic carbocycles. The quantitative estimate of drug-likeness (QED) is 0.330. The van der Waals surface area contributed by atoms with Gasteiger partial charge in [0.1, 0.15) is 6.10 Å². The molecule has 0 heterocycles. The first kappa shape index (κ1) is 32.1. The number of para-hydroxylation sites is 1. The summed E-state index contributed by atoms with van der Waals surface area (Å²) in [6.07, 6.45) is 13.9. The molecule has 1 aromatic rings. The van der Waals surface area contributed by atoms with Crippen LogP contribution in [0.3, 0.4) is 0 Å². The molecule has 45 heavy (non-hydrogen) atoms. The molecule has 0 radical (unpaired) electrons. The van der Waals surface area contributed by atoms with Crippen LogP contribution in [0.5, 0.6) is 0 Å². The lowest BCUT2D eigenvalue weighted by Crippen LogP contribution is -2.61. The summed E-state index contributed by atoms with van der Waals surface area (Å²) in [5.74, 6) is -0.579. The van der Waals surface area contributed by atoms with Gasteiger partial charge in [0.05, 0.1) is 11.3 Å². The van der Waals surface area contributed by atoms with E-state index in [0.717, 1.165) is 57.8 Å². The van der Waals surface area contributed by atoms with Gasteiger partial charge in [-0.05, 0) is 103 Å². The lowest BCUT2D eigenvalue weighted by molar-refractivity contribution is -0.172. The molecule has 0 aliphatic heterocycles. The second-order valence-corrected chi connectivity index (χ2v) is 17.1. The van der Waals surface area contributed by atoms with Crippen molar-refractivity contribution >= 4 is 23.5 Å². The number of ether oxygens (including phenoxy) is 1. The predicted octanol–water partition coefficient (Wildman–Crippen LogP) is 8.98. The highest BCUT2D eigenvalue weighted by atomic mass is 16.5. The Bertz CT molecular complexity index is 1510. The number of anilines is 1. The molecule has 1 amide bonds. The number of fused-ring (bicyclic) bond motifs is 7. The van der Waals surface area contributed by atoms with Crippen LogP contribution in [0.4, 0.5) is 5.69 Å². The van der Waals surface area contributed by atoms with Gasteiger partial charge in [-0.3, -0.25) is 9.59 Å². The third-order valence-corrected chi connectivity index (χ3v) is 14.4. The predicted molar refractivity (Wildman–Crippen MR) is 177 cm³/mol. The highest BCUT2D eigenvalue weighted by Crippen LogP contribution is 2.74. The maximum Gasteiger partial charge on any atom is 0.337 e. The summed E-state index contributed by atoms with van der Waals surface area (Å²) in [7, 11) is 0. The fourth-order valence-corrected chi connectivity index (χ4v) is 11.3. The number of rotatable bonds is 4. The van der Waals surface area contributed by atoms with E-state index >= 15 is 0 Å². The van der Waals surface area contributed by atoms with Gasteiger partial charge < -0.3 is 15.2 Å². The number of nitrogens with one attached hydrogen (secondary N) is 1. The Morgan fingerprint density at radius 1 is 0.844 bits per heavy atom. The number of esters is 1. The Balaban J connectivity index is 1.35. The molecule has 4 saturated carbocycles. The molecule has 6 unspecified atom stereocenters. The van der Waals surface area contributed by atoms with Gasteiger partial charge in [-0.15, -0.1) is 0 Å². The van der Waals surface area contributed by atoms with Crippen molar-refractivity contribution in [2.24, 2.45) is 44.3 Å². The minimum absolute atomic E-state index is 0.00323. The SMILES string of the molecule is CC(=O)OC1CCC2(C)C3=CC=C4C5C[C@@](C)(C(=O)Nc6ccccc6C(=O)O)CCC5(C)CC[C@@]4(C)C3(C)CCC2C1(C)C. The molecular weight excluding hydrogens is 562 g/mol. The molecule has 0 bridgehead atoms. The van der Waals surface area contributed by atoms with Crippen LogP contribution >= 0.6 is 0 Å². The van der Waals surface area contributed by atoms with E-state index in [9.17, 15) is 19.5 Å². The van der Waals surface area contributed by atoms with Crippen LogP contribution in [0.25, 0.3) is 0 Å². The summed E-state index contributed by atoms with van der Waals surface area (Å²) >= 11 is 0. The summed E-state index contributed by atoms with van der Waals surface area (Å²) in [4.78, 5) is 37.8. The van der Waals surface area contributed by atoms with Gasteiger partial charge in [0.15, 0.2) is 0 Å². The minimum atomic E-state index is -1.04. The van der Waals surface area contributed by atoms with Crippen LogP contribution in [0.1, 0.15) is 124 Å². The van der Waals surface area contributed by atoms with Crippen LogP contribution in [-0.2, 0) is 14.3 Å². The van der Waals surface area contributed by atoms with Gasteiger partial charge >= 0.3 is 11.9 Å². The van der Waals surface area contributed by atoms with Gasteiger partial charge in [0, 0.05) is 17.8 Å². The second-order valence-electron chi connectivity index (χ2n) is 17.1. The molecule has 0 spiro atoms. The van der Waals surface area contributed by atoms with E-state index in [2.05, 4.69) is 65.9 Å². The summed E-state index contributed by atoms with van der Waals surface area (Å²) < 4.78 is 5.90. The average molecular weight is 616 g/mol. The van der Waals surface area contributed by atoms with Crippen molar-refractivity contribution in [3.8, 4) is 0 Å². The zero-order valence-corrected chi connectivity index (χ0v) is 28.6. The molecule has 244 valence electrons. The summed E-state index contributed by atoms with van der Waals surface area (Å²) in [6.45, 7) is 18.2. The standard InChI is InChI=1S/C39H53NO5/c1-24(41)45-31-16-17-37(6)29(34(31,2)3)15-18-39(8)30(37)14-13-26-27-23-36(5,20-19-35(27,4)21-22-38(26,39)7)33(44)40-28-12-10-9-11-25(28)32(42)43/h9-14,27,29,31H,15-23H2,1-8H3,(H,40,44)(H,42,43)/t27?,29?,31?,35?,36-,37?,38+,39?/m0/s1. The largest absolute Gasteiger partial charge is 0.478 e. The van der Waals surface area contributed by atoms with Crippen molar-refractivity contribution in [2.45, 2.75) is 119 Å². The number of hydrogen-bond acceptors (Lipinski definition) is 4. The molecule has 0 saturated heterocycles. The van der Waals surface area contributed by atoms with Crippen LogP contribution in [0.15, 0.2) is 47.6 Å². The lowest BCUT2D eigenvalue weighted by atomic mass is 9.36. The van der Waals surface area contributed by atoms with E-state index in [1.807, 2.05) is 0 Å². The van der Waals surface area contributed by atoms with Gasteiger partial charge in [-0.1, -0.05) is 83.9 Å². The zero-order chi connectivity index (χ0) is 32.8. The van der Waals surface area contributed by atoms with Gasteiger partial charge in [-0.25, -0.2) is 4.79 Å². The summed E-state index contributed by atoms with van der Waals surface area (Å²) in [5, 5.41) is 12.7. The van der Waals surface area contributed by atoms with Crippen LogP contribution < -0.4 is 5.32 Å². The van der Waals surface area contributed by atoms with Crippen LogP contribution in [-0.4, -0.2) is 29.1 Å². The Morgan fingerprint density at radius 2 is 1.53 bits per heavy atom. The monoisotopic (exact) mass is 615 g/mol. The molecule has 2 N–H and O–H groups in total. The van der Waals surface area contributed by atoms with Crippen molar-refractivity contribution < 1.29 is 24.2 Å². The molecule has 8 atom stereocenters. The number of carboxylic acids is 1. The van der Waals surface area contributed by atoms with Crippen LogP contribution in [0.2, 0.25) is 0 Å². The maximum absolute atomic E-state index is 14.0. The Labute approximate surface area is 269 Å². The summed E-state index contributed by atoms with van der Waals surface area (Å²) in [6, 6.07) is 6.69. The Hall–Kier alpha value is -2.89. The van der Waals surface area contributed by atoms with E-state index in [1.54, 1.807) is 29.8 Å². The number of hydrogen-bond donors (Lipinski definition) is 2. The molecule has 6 nitrogen and oxygen atoms in total. The highest BCUT2D eigenvalue weighted by molar-refractivity contribution is 6.02. The number of carbonyl (C=O) groups excluding carboxylic acids is 2. The Morgan fingerprint density at radius 3 is 2.22 bits per heavy atom. The van der Waals surface area contributed by atoms with Crippen molar-refractivity contribution in [2.75, 3.05) is 5.32 Å². The third-order valence-electron chi connectivity index (χ3n) is 14.4.